The van der Waals surface area contributed by atoms with E-state index in [1.54, 1.807) is 11.3 Å². The second-order valence-electron chi connectivity index (χ2n) is 2.20. The van der Waals surface area contributed by atoms with Crippen LogP contribution in [-0.2, 0) is 11.2 Å². The van der Waals surface area contributed by atoms with Crippen LogP contribution in [0, 0.1) is 0 Å². The van der Waals surface area contributed by atoms with E-state index in [0.717, 1.165) is 19.4 Å². The van der Waals surface area contributed by atoms with Crippen molar-refractivity contribution in [3.63, 3.8) is 0 Å². The van der Waals surface area contributed by atoms with Gasteiger partial charge in [0.25, 0.3) is 0 Å². The molecule has 0 bridgehead atoms. The van der Waals surface area contributed by atoms with Crippen molar-refractivity contribution in [1.82, 2.24) is 0 Å². The zero-order valence-electron chi connectivity index (χ0n) is 6.25. The molecule has 0 fully saturated rings. The highest BCUT2D eigenvalue weighted by Crippen LogP contribution is 2.10. The fourth-order valence-corrected chi connectivity index (χ4v) is 1.72. The van der Waals surface area contributed by atoms with Crippen LogP contribution in [-0.4, -0.2) is 12.7 Å². The molecule has 62 valence electrons. The first kappa shape index (κ1) is 9.04. The Morgan fingerprint density at radius 3 is 3.09 bits per heavy atom. The van der Waals surface area contributed by atoms with Crippen LogP contribution >= 0.6 is 22.9 Å². The van der Waals surface area contributed by atoms with Gasteiger partial charge in [-0.05, 0) is 24.3 Å². The SMILES string of the molecule is ClCOCCCc1cccs1. The average molecular weight is 191 g/mol. The molecular weight excluding hydrogens is 180 g/mol. The van der Waals surface area contributed by atoms with Gasteiger partial charge in [0.1, 0.15) is 6.07 Å². The fraction of sp³-hybridized carbons (Fsp3) is 0.500. The summed E-state index contributed by atoms with van der Waals surface area (Å²) in [6.45, 7) is 0.765. The first-order valence-electron chi connectivity index (χ1n) is 3.59. The molecule has 0 aliphatic heterocycles. The van der Waals surface area contributed by atoms with Crippen molar-refractivity contribution in [3.8, 4) is 0 Å². The minimum Gasteiger partial charge on any atom is -0.366 e. The van der Waals surface area contributed by atoms with Gasteiger partial charge in [-0.25, -0.2) is 0 Å². The number of hydrogen-bond donors (Lipinski definition) is 0. The van der Waals surface area contributed by atoms with Crippen LogP contribution in [0.3, 0.4) is 0 Å². The van der Waals surface area contributed by atoms with E-state index in [2.05, 4.69) is 17.5 Å². The van der Waals surface area contributed by atoms with Crippen molar-refractivity contribution in [2.45, 2.75) is 12.8 Å². The minimum atomic E-state index is 0.310. The van der Waals surface area contributed by atoms with Gasteiger partial charge in [0.2, 0.25) is 0 Å². The second kappa shape index (κ2) is 5.58. The van der Waals surface area contributed by atoms with E-state index in [4.69, 9.17) is 16.3 Å². The standard InChI is InChI=1S/C8H11ClOS/c9-7-10-5-1-3-8-4-2-6-11-8/h2,4,6H,1,3,5,7H2. The van der Waals surface area contributed by atoms with Gasteiger partial charge < -0.3 is 4.74 Å². The predicted octanol–water partition coefficient (Wildman–Crippen LogP) is 2.89. The molecule has 0 aliphatic rings. The van der Waals surface area contributed by atoms with Gasteiger partial charge in [0, 0.05) is 11.5 Å². The quantitative estimate of drug-likeness (QED) is 0.513. The Hall–Kier alpha value is -0.0500. The zero-order chi connectivity index (χ0) is 7.94. The third-order valence-corrected chi connectivity index (χ3v) is 2.46. The van der Waals surface area contributed by atoms with Crippen LogP contribution in [0.4, 0.5) is 0 Å². The Morgan fingerprint density at radius 2 is 2.45 bits per heavy atom. The number of alkyl halides is 1. The lowest BCUT2D eigenvalue weighted by Crippen LogP contribution is -1.93. The van der Waals surface area contributed by atoms with E-state index in [1.807, 2.05) is 0 Å². The first-order valence-corrected chi connectivity index (χ1v) is 5.01. The second-order valence-corrected chi connectivity index (χ2v) is 3.45. The molecule has 0 aromatic carbocycles. The Morgan fingerprint density at radius 1 is 1.55 bits per heavy atom. The number of hydrogen-bond acceptors (Lipinski definition) is 2. The van der Waals surface area contributed by atoms with Gasteiger partial charge in [-0.2, -0.15) is 0 Å². The largest absolute Gasteiger partial charge is 0.366 e. The Labute approximate surface area is 75.9 Å². The highest BCUT2D eigenvalue weighted by molar-refractivity contribution is 7.09. The van der Waals surface area contributed by atoms with E-state index in [1.165, 1.54) is 4.88 Å². The van der Waals surface area contributed by atoms with Crippen molar-refractivity contribution < 1.29 is 4.74 Å². The monoisotopic (exact) mass is 190 g/mol. The topological polar surface area (TPSA) is 9.23 Å². The number of halogens is 1. The molecule has 1 nitrogen and oxygen atoms in total. The summed E-state index contributed by atoms with van der Waals surface area (Å²) in [4.78, 5) is 1.42. The van der Waals surface area contributed by atoms with Gasteiger partial charge in [0.15, 0.2) is 0 Å². The molecule has 0 saturated heterocycles. The summed E-state index contributed by atoms with van der Waals surface area (Å²) in [5.74, 6) is 0. The Bertz CT molecular complexity index is 174. The average Bonchev–Trinajstić information content (AvgIpc) is 2.50. The molecule has 0 spiro atoms. The highest BCUT2D eigenvalue weighted by atomic mass is 35.5. The molecule has 1 heterocycles. The maximum absolute atomic E-state index is 5.34. The van der Waals surface area contributed by atoms with E-state index in [-0.39, 0.29) is 0 Å². The molecule has 0 atom stereocenters. The van der Waals surface area contributed by atoms with Gasteiger partial charge in [-0.1, -0.05) is 17.7 Å². The smallest absolute Gasteiger partial charge is 0.120 e. The van der Waals surface area contributed by atoms with Crippen LogP contribution in [0.1, 0.15) is 11.3 Å². The fourth-order valence-electron chi connectivity index (χ4n) is 0.858. The molecule has 0 N–H and O–H groups in total. The lowest BCUT2D eigenvalue weighted by atomic mass is 10.3. The van der Waals surface area contributed by atoms with E-state index in [9.17, 15) is 0 Å². The van der Waals surface area contributed by atoms with Crippen LogP contribution in [0.15, 0.2) is 17.5 Å². The highest BCUT2D eigenvalue weighted by Gasteiger charge is 1.92. The molecule has 1 rings (SSSR count). The summed E-state index contributed by atoms with van der Waals surface area (Å²) >= 11 is 7.13. The summed E-state index contributed by atoms with van der Waals surface area (Å²) in [6.07, 6.45) is 2.17. The Kier molecular flexibility index (Phi) is 4.59. The predicted molar refractivity (Wildman–Crippen MR) is 49.3 cm³/mol. The number of aryl methyl sites for hydroxylation is 1. The van der Waals surface area contributed by atoms with Crippen LogP contribution in [0.2, 0.25) is 0 Å². The van der Waals surface area contributed by atoms with Gasteiger partial charge in [-0.15, -0.1) is 11.3 Å². The molecule has 0 unspecified atom stereocenters. The summed E-state index contributed by atoms with van der Waals surface area (Å²) in [5, 5.41) is 2.09. The number of thiophene rings is 1. The molecule has 1 aromatic rings. The molecule has 0 saturated carbocycles. The first-order chi connectivity index (χ1) is 5.43. The Balaban J connectivity index is 2.04. The normalized spacial score (nSPS) is 10.3. The summed E-state index contributed by atoms with van der Waals surface area (Å²) in [6, 6.07) is 4.53. The van der Waals surface area contributed by atoms with Crippen LogP contribution in [0.25, 0.3) is 0 Å². The van der Waals surface area contributed by atoms with Crippen molar-refractivity contribution >= 4 is 22.9 Å². The molecular formula is C8H11ClOS. The van der Waals surface area contributed by atoms with Crippen LogP contribution < -0.4 is 0 Å². The van der Waals surface area contributed by atoms with Gasteiger partial charge >= 0.3 is 0 Å². The minimum absolute atomic E-state index is 0.310. The zero-order valence-corrected chi connectivity index (χ0v) is 7.83. The van der Waals surface area contributed by atoms with Crippen molar-refractivity contribution in [2.75, 3.05) is 12.7 Å². The number of rotatable bonds is 5. The maximum Gasteiger partial charge on any atom is 0.120 e. The van der Waals surface area contributed by atoms with E-state index >= 15 is 0 Å². The summed E-state index contributed by atoms with van der Waals surface area (Å²) in [7, 11) is 0. The van der Waals surface area contributed by atoms with Crippen molar-refractivity contribution in [1.29, 1.82) is 0 Å². The lowest BCUT2D eigenvalue weighted by Gasteiger charge is -1.97. The number of ether oxygens (including phenoxy) is 1. The molecule has 0 aliphatic carbocycles. The molecule has 0 amide bonds. The van der Waals surface area contributed by atoms with Crippen LogP contribution in [0.5, 0.6) is 0 Å². The molecule has 1 aromatic heterocycles. The molecule has 0 radical (unpaired) electrons. The van der Waals surface area contributed by atoms with Gasteiger partial charge in [0.05, 0.1) is 0 Å². The molecule has 3 heteroatoms. The maximum atomic E-state index is 5.34. The lowest BCUT2D eigenvalue weighted by molar-refractivity contribution is 0.176. The third-order valence-electron chi connectivity index (χ3n) is 1.37. The molecule has 11 heavy (non-hydrogen) atoms. The third kappa shape index (κ3) is 3.75. The van der Waals surface area contributed by atoms with Crippen molar-refractivity contribution in [3.05, 3.63) is 22.4 Å². The van der Waals surface area contributed by atoms with E-state index in [0.29, 0.717) is 6.07 Å². The van der Waals surface area contributed by atoms with Gasteiger partial charge in [-0.3, -0.25) is 0 Å². The summed E-state index contributed by atoms with van der Waals surface area (Å²) < 4.78 is 5.00. The van der Waals surface area contributed by atoms with E-state index < -0.39 is 0 Å². The van der Waals surface area contributed by atoms with Crippen molar-refractivity contribution in [2.24, 2.45) is 0 Å². The summed E-state index contributed by atoms with van der Waals surface area (Å²) in [5.41, 5.74) is 0.